The smallest absolute Gasteiger partial charge is 0.119 e. The monoisotopic (exact) mass is 375 g/mol. The summed E-state index contributed by atoms with van der Waals surface area (Å²) in [6, 6.07) is 13.0. The van der Waals surface area contributed by atoms with Gasteiger partial charge in [0.05, 0.1) is 7.11 Å². The molecule has 0 amide bonds. The van der Waals surface area contributed by atoms with Crippen molar-refractivity contribution in [2.75, 3.05) is 7.11 Å². The van der Waals surface area contributed by atoms with Crippen molar-refractivity contribution in [1.29, 1.82) is 0 Å². The number of H-pyrrole nitrogens is 1. The van der Waals surface area contributed by atoms with Crippen LogP contribution in [0.15, 0.2) is 36.4 Å². The van der Waals surface area contributed by atoms with Crippen molar-refractivity contribution in [3.8, 4) is 17.0 Å². The Kier molecular flexibility index (Phi) is 2.77. The molecule has 100 valence electrons. The lowest BCUT2D eigenvalue weighted by atomic mass is 9.89. The van der Waals surface area contributed by atoms with E-state index in [1.54, 1.807) is 7.11 Å². The second kappa shape index (κ2) is 4.52. The minimum Gasteiger partial charge on any atom is -0.497 e. The molecule has 3 heteroatoms. The lowest BCUT2D eigenvalue weighted by Crippen LogP contribution is -2.03. The van der Waals surface area contributed by atoms with Crippen molar-refractivity contribution >= 4 is 33.5 Å². The number of aromatic nitrogens is 1. The molecule has 20 heavy (non-hydrogen) atoms. The second-order valence-electron chi connectivity index (χ2n) is 5.19. The van der Waals surface area contributed by atoms with E-state index in [0.717, 1.165) is 18.6 Å². The van der Waals surface area contributed by atoms with Gasteiger partial charge >= 0.3 is 0 Å². The SMILES string of the molecule is COc1ccc2c(c1)CCc1c-2[nH]c2ccc(I)cc12. The molecule has 1 aromatic heterocycles. The molecule has 1 N–H and O–H groups in total. The Bertz CT molecular complexity index is 819. The van der Waals surface area contributed by atoms with Crippen molar-refractivity contribution in [1.82, 2.24) is 4.98 Å². The van der Waals surface area contributed by atoms with Gasteiger partial charge < -0.3 is 9.72 Å². The van der Waals surface area contributed by atoms with Gasteiger partial charge in [0.1, 0.15) is 5.75 Å². The minimum absolute atomic E-state index is 0.942. The Morgan fingerprint density at radius 2 is 2.00 bits per heavy atom. The first kappa shape index (κ1) is 12.3. The highest BCUT2D eigenvalue weighted by Crippen LogP contribution is 2.39. The van der Waals surface area contributed by atoms with Gasteiger partial charge in [0.15, 0.2) is 0 Å². The van der Waals surface area contributed by atoms with E-state index in [4.69, 9.17) is 4.74 Å². The third-order valence-electron chi connectivity index (χ3n) is 4.09. The predicted octanol–water partition coefficient (Wildman–Crippen LogP) is 4.55. The molecule has 4 rings (SSSR count). The Labute approximate surface area is 131 Å². The van der Waals surface area contributed by atoms with Crippen molar-refractivity contribution in [2.45, 2.75) is 12.8 Å². The number of methoxy groups -OCH3 is 1. The first-order valence-corrected chi connectivity index (χ1v) is 7.81. The first-order valence-electron chi connectivity index (χ1n) is 6.73. The summed E-state index contributed by atoms with van der Waals surface area (Å²) in [4.78, 5) is 3.59. The van der Waals surface area contributed by atoms with Gasteiger partial charge in [-0.25, -0.2) is 0 Å². The normalized spacial score (nSPS) is 13.1. The molecule has 2 nitrogen and oxygen atoms in total. The molecule has 0 fully saturated rings. The fourth-order valence-corrected chi connectivity index (χ4v) is 3.61. The molecule has 0 saturated heterocycles. The van der Waals surface area contributed by atoms with Crippen LogP contribution in [0.1, 0.15) is 11.1 Å². The van der Waals surface area contributed by atoms with Crippen LogP contribution in [0.25, 0.3) is 22.2 Å². The maximum absolute atomic E-state index is 5.33. The number of aryl methyl sites for hydroxylation is 2. The molecular weight excluding hydrogens is 361 g/mol. The van der Waals surface area contributed by atoms with E-state index in [1.165, 1.54) is 36.9 Å². The van der Waals surface area contributed by atoms with Crippen LogP contribution in [0.4, 0.5) is 0 Å². The molecule has 1 aliphatic carbocycles. The summed E-state index contributed by atoms with van der Waals surface area (Å²) < 4.78 is 6.62. The van der Waals surface area contributed by atoms with E-state index in [1.807, 2.05) is 6.07 Å². The number of hydrogen-bond acceptors (Lipinski definition) is 1. The average Bonchev–Trinajstić information content (AvgIpc) is 2.84. The molecular formula is C17H14INO. The van der Waals surface area contributed by atoms with E-state index in [9.17, 15) is 0 Å². The lowest BCUT2D eigenvalue weighted by Gasteiger charge is -2.17. The molecule has 0 radical (unpaired) electrons. The largest absolute Gasteiger partial charge is 0.497 e. The van der Waals surface area contributed by atoms with Crippen LogP contribution in [0.5, 0.6) is 5.75 Å². The van der Waals surface area contributed by atoms with Crippen LogP contribution in [0, 0.1) is 3.57 Å². The van der Waals surface area contributed by atoms with Crippen LogP contribution in [-0.2, 0) is 12.8 Å². The number of rotatable bonds is 1. The number of fused-ring (bicyclic) bond motifs is 5. The van der Waals surface area contributed by atoms with Crippen LogP contribution >= 0.6 is 22.6 Å². The first-order chi connectivity index (χ1) is 9.76. The summed E-state index contributed by atoms with van der Waals surface area (Å²) in [6.45, 7) is 0. The maximum Gasteiger partial charge on any atom is 0.119 e. The molecule has 1 heterocycles. The zero-order valence-corrected chi connectivity index (χ0v) is 13.3. The van der Waals surface area contributed by atoms with Gasteiger partial charge in [-0.2, -0.15) is 0 Å². The van der Waals surface area contributed by atoms with Crippen LogP contribution in [0.3, 0.4) is 0 Å². The maximum atomic E-state index is 5.33. The highest BCUT2D eigenvalue weighted by atomic mass is 127. The van der Waals surface area contributed by atoms with E-state index in [0.29, 0.717) is 0 Å². The summed E-state index contributed by atoms with van der Waals surface area (Å²) >= 11 is 2.38. The van der Waals surface area contributed by atoms with E-state index in [-0.39, 0.29) is 0 Å². The number of ether oxygens (including phenoxy) is 1. The molecule has 2 aromatic carbocycles. The Morgan fingerprint density at radius 1 is 1.10 bits per heavy atom. The van der Waals surface area contributed by atoms with Crippen LogP contribution in [-0.4, -0.2) is 12.1 Å². The van der Waals surface area contributed by atoms with Crippen LogP contribution in [0.2, 0.25) is 0 Å². The van der Waals surface area contributed by atoms with Gasteiger partial charge in [-0.05, 0) is 83.0 Å². The average molecular weight is 375 g/mol. The molecule has 1 aliphatic rings. The van der Waals surface area contributed by atoms with Gasteiger partial charge in [-0.15, -0.1) is 0 Å². The minimum atomic E-state index is 0.942. The van der Waals surface area contributed by atoms with Gasteiger partial charge in [0.2, 0.25) is 0 Å². The Hall–Kier alpha value is -1.49. The molecule has 0 aliphatic heterocycles. The number of benzene rings is 2. The molecule has 0 unspecified atom stereocenters. The van der Waals surface area contributed by atoms with Crippen molar-refractivity contribution in [3.05, 3.63) is 51.1 Å². The standard InChI is InChI=1S/C17H14INO/c1-20-12-4-6-13-10(8-12)2-5-14-15-9-11(18)3-7-16(15)19-17(13)14/h3-4,6-9,19H,2,5H2,1H3. The van der Waals surface area contributed by atoms with Crippen molar-refractivity contribution in [2.24, 2.45) is 0 Å². The highest BCUT2D eigenvalue weighted by Gasteiger charge is 2.21. The second-order valence-corrected chi connectivity index (χ2v) is 6.44. The van der Waals surface area contributed by atoms with E-state index >= 15 is 0 Å². The highest BCUT2D eigenvalue weighted by molar-refractivity contribution is 14.1. The Balaban J connectivity index is 1.98. The number of halogens is 1. The van der Waals surface area contributed by atoms with E-state index in [2.05, 4.69) is 57.9 Å². The van der Waals surface area contributed by atoms with Gasteiger partial charge in [0, 0.05) is 25.7 Å². The molecule has 0 spiro atoms. The topological polar surface area (TPSA) is 25.0 Å². The molecule has 0 bridgehead atoms. The summed E-state index contributed by atoms with van der Waals surface area (Å²) in [7, 11) is 1.72. The summed E-state index contributed by atoms with van der Waals surface area (Å²) in [5.41, 5.74) is 6.66. The van der Waals surface area contributed by atoms with E-state index < -0.39 is 0 Å². The number of aromatic amines is 1. The van der Waals surface area contributed by atoms with Crippen molar-refractivity contribution in [3.63, 3.8) is 0 Å². The molecule has 0 saturated carbocycles. The summed E-state index contributed by atoms with van der Waals surface area (Å²) in [6.07, 6.45) is 2.17. The fourth-order valence-electron chi connectivity index (χ4n) is 3.12. The third kappa shape index (κ3) is 1.76. The predicted molar refractivity (Wildman–Crippen MR) is 90.4 cm³/mol. The zero-order chi connectivity index (χ0) is 13.7. The quantitative estimate of drug-likeness (QED) is 0.621. The number of hydrogen-bond donors (Lipinski definition) is 1. The zero-order valence-electron chi connectivity index (χ0n) is 11.2. The van der Waals surface area contributed by atoms with Gasteiger partial charge in [-0.1, -0.05) is 0 Å². The lowest BCUT2D eigenvalue weighted by molar-refractivity contribution is 0.414. The van der Waals surface area contributed by atoms with Gasteiger partial charge in [0.25, 0.3) is 0 Å². The Morgan fingerprint density at radius 3 is 2.85 bits per heavy atom. The summed E-state index contributed by atoms with van der Waals surface area (Å²) in [5.74, 6) is 0.942. The van der Waals surface area contributed by atoms with Crippen LogP contribution < -0.4 is 4.74 Å². The third-order valence-corrected chi connectivity index (χ3v) is 4.77. The van der Waals surface area contributed by atoms with Crippen molar-refractivity contribution < 1.29 is 4.74 Å². The number of nitrogens with one attached hydrogen (secondary N) is 1. The molecule has 0 atom stereocenters. The van der Waals surface area contributed by atoms with Gasteiger partial charge in [-0.3, -0.25) is 0 Å². The fraction of sp³-hybridized carbons (Fsp3) is 0.176. The summed E-state index contributed by atoms with van der Waals surface area (Å²) in [5, 5.41) is 1.37. The molecule has 3 aromatic rings.